The molecule has 1 heterocycles. The number of nitrogens with one attached hydrogen (secondary N) is 1. The van der Waals surface area contributed by atoms with Crippen LogP contribution in [0, 0.1) is 18.8 Å². The number of nitrogens with zero attached hydrogens (tertiary/aromatic N) is 2. The fraction of sp³-hybridized carbons (Fsp3) is 0.833. The second-order valence-electron chi connectivity index (χ2n) is 5.05. The Labute approximate surface area is 96.8 Å². The summed E-state index contributed by atoms with van der Waals surface area (Å²) in [5, 5.41) is 7.39. The number of rotatable bonds is 6. The van der Waals surface area contributed by atoms with Crippen molar-refractivity contribution in [1.82, 2.24) is 15.5 Å². The monoisotopic (exact) mass is 223 g/mol. The van der Waals surface area contributed by atoms with Gasteiger partial charge in [0.05, 0.1) is 0 Å². The van der Waals surface area contributed by atoms with E-state index in [0.29, 0.717) is 12.0 Å². The summed E-state index contributed by atoms with van der Waals surface area (Å²) in [5.74, 6) is 3.06. The van der Waals surface area contributed by atoms with Gasteiger partial charge in [-0.25, -0.2) is 0 Å². The lowest BCUT2D eigenvalue weighted by molar-refractivity contribution is 0.341. The van der Waals surface area contributed by atoms with E-state index in [9.17, 15) is 0 Å². The molecule has 1 unspecified atom stereocenters. The second-order valence-corrected chi connectivity index (χ2v) is 5.05. The maximum atomic E-state index is 5.08. The van der Waals surface area contributed by atoms with E-state index >= 15 is 0 Å². The van der Waals surface area contributed by atoms with Crippen molar-refractivity contribution >= 4 is 0 Å². The van der Waals surface area contributed by atoms with E-state index in [1.165, 1.54) is 12.8 Å². The maximum Gasteiger partial charge on any atom is 0.227 e. The molecule has 1 atom stereocenters. The Morgan fingerprint density at radius 1 is 1.44 bits per heavy atom. The summed E-state index contributed by atoms with van der Waals surface area (Å²) in [5.41, 5.74) is 0. The SMILES string of the molecule is Cc1noc(CCNC(C(C)C)C2CC2)n1. The quantitative estimate of drug-likeness (QED) is 0.800. The molecule has 4 heteroatoms. The molecule has 0 aliphatic heterocycles. The van der Waals surface area contributed by atoms with Crippen molar-refractivity contribution in [3.63, 3.8) is 0 Å². The van der Waals surface area contributed by atoms with Crippen LogP contribution in [0.2, 0.25) is 0 Å². The van der Waals surface area contributed by atoms with Crippen LogP contribution >= 0.6 is 0 Å². The lowest BCUT2D eigenvalue weighted by atomic mass is 9.99. The van der Waals surface area contributed by atoms with Crippen molar-refractivity contribution in [3.05, 3.63) is 11.7 Å². The summed E-state index contributed by atoms with van der Waals surface area (Å²) in [6, 6.07) is 0.656. The maximum absolute atomic E-state index is 5.08. The van der Waals surface area contributed by atoms with Gasteiger partial charge in [-0.3, -0.25) is 0 Å². The minimum Gasteiger partial charge on any atom is -0.339 e. The van der Waals surface area contributed by atoms with Gasteiger partial charge >= 0.3 is 0 Å². The van der Waals surface area contributed by atoms with Crippen LogP contribution in [0.15, 0.2) is 4.52 Å². The minimum absolute atomic E-state index is 0.656. The lowest BCUT2D eigenvalue weighted by Gasteiger charge is -2.21. The van der Waals surface area contributed by atoms with Gasteiger partial charge < -0.3 is 9.84 Å². The highest BCUT2D eigenvalue weighted by Crippen LogP contribution is 2.35. The molecule has 1 aromatic rings. The van der Waals surface area contributed by atoms with Crippen LogP contribution in [-0.4, -0.2) is 22.7 Å². The van der Waals surface area contributed by atoms with Gasteiger partial charge in [-0.15, -0.1) is 0 Å². The van der Waals surface area contributed by atoms with Crippen LogP contribution in [0.4, 0.5) is 0 Å². The van der Waals surface area contributed by atoms with Crippen molar-refractivity contribution in [1.29, 1.82) is 0 Å². The van der Waals surface area contributed by atoms with Gasteiger partial charge in [-0.1, -0.05) is 19.0 Å². The number of aromatic nitrogens is 2. The van der Waals surface area contributed by atoms with Gasteiger partial charge in [0.1, 0.15) is 0 Å². The van der Waals surface area contributed by atoms with Crippen molar-refractivity contribution < 1.29 is 4.52 Å². The second kappa shape index (κ2) is 4.95. The van der Waals surface area contributed by atoms with Crippen LogP contribution in [0.25, 0.3) is 0 Å². The Morgan fingerprint density at radius 2 is 2.19 bits per heavy atom. The third kappa shape index (κ3) is 3.04. The predicted molar refractivity (Wildman–Crippen MR) is 62.1 cm³/mol. The molecule has 0 radical (unpaired) electrons. The van der Waals surface area contributed by atoms with Gasteiger partial charge in [0.2, 0.25) is 5.89 Å². The molecule has 1 aromatic heterocycles. The molecule has 1 saturated carbocycles. The smallest absolute Gasteiger partial charge is 0.227 e. The topological polar surface area (TPSA) is 51.0 Å². The van der Waals surface area contributed by atoms with Crippen molar-refractivity contribution in [2.75, 3.05) is 6.54 Å². The zero-order valence-electron chi connectivity index (χ0n) is 10.4. The fourth-order valence-electron chi connectivity index (χ4n) is 2.19. The molecule has 1 aliphatic carbocycles. The van der Waals surface area contributed by atoms with E-state index in [4.69, 9.17) is 4.52 Å². The van der Waals surface area contributed by atoms with E-state index < -0.39 is 0 Å². The molecule has 1 aliphatic rings. The van der Waals surface area contributed by atoms with Gasteiger partial charge in [0, 0.05) is 19.0 Å². The van der Waals surface area contributed by atoms with Gasteiger partial charge in [-0.2, -0.15) is 4.98 Å². The Bertz CT molecular complexity index is 329. The highest BCUT2D eigenvalue weighted by atomic mass is 16.5. The first-order valence-electron chi connectivity index (χ1n) is 6.19. The molecule has 90 valence electrons. The number of hydrogen-bond acceptors (Lipinski definition) is 4. The number of hydrogen-bond donors (Lipinski definition) is 1. The molecular formula is C12H21N3O. The molecule has 0 aromatic carbocycles. The summed E-state index contributed by atoms with van der Waals surface area (Å²) >= 11 is 0. The van der Waals surface area contributed by atoms with Crippen LogP contribution in [0.3, 0.4) is 0 Å². The molecule has 1 N–H and O–H groups in total. The molecule has 0 saturated heterocycles. The molecule has 1 fully saturated rings. The molecule has 0 bridgehead atoms. The third-order valence-corrected chi connectivity index (χ3v) is 3.14. The standard InChI is InChI=1S/C12H21N3O/c1-8(2)12(10-4-5-10)13-7-6-11-14-9(3)15-16-11/h8,10,12-13H,4-7H2,1-3H3. The van der Waals surface area contributed by atoms with Gasteiger partial charge in [0.25, 0.3) is 0 Å². The van der Waals surface area contributed by atoms with Gasteiger partial charge in [-0.05, 0) is 31.6 Å². The summed E-state index contributed by atoms with van der Waals surface area (Å²) in [6.07, 6.45) is 3.60. The summed E-state index contributed by atoms with van der Waals surface area (Å²) in [4.78, 5) is 4.20. The lowest BCUT2D eigenvalue weighted by Crippen LogP contribution is -2.37. The fourth-order valence-corrected chi connectivity index (χ4v) is 2.19. The molecule has 0 spiro atoms. The highest BCUT2D eigenvalue weighted by Gasteiger charge is 2.32. The highest BCUT2D eigenvalue weighted by molar-refractivity contribution is 4.89. The molecular weight excluding hydrogens is 202 g/mol. The normalized spacial score (nSPS) is 18.0. The van der Waals surface area contributed by atoms with Crippen molar-refractivity contribution in [2.45, 2.75) is 46.1 Å². The summed E-state index contributed by atoms with van der Waals surface area (Å²) in [6.45, 7) is 7.35. The Balaban J connectivity index is 1.74. The van der Waals surface area contributed by atoms with E-state index in [0.717, 1.165) is 30.6 Å². The molecule has 0 amide bonds. The first kappa shape index (κ1) is 11.6. The average Bonchev–Trinajstić information content (AvgIpc) is 2.97. The predicted octanol–water partition coefficient (Wildman–Crippen LogP) is 1.94. The van der Waals surface area contributed by atoms with Crippen LogP contribution < -0.4 is 5.32 Å². The van der Waals surface area contributed by atoms with Crippen molar-refractivity contribution in [2.24, 2.45) is 11.8 Å². The summed E-state index contributed by atoms with van der Waals surface area (Å²) < 4.78 is 5.08. The van der Waals surface area contributed by atoms with Crippen LogP contribution in [0.5, 0.6) is 0 Å². The minimum atomic E-state index is 0.656. The molecule has 2 rings (SSSR count). The first-order chi connectivity index (χ1) is 7.66. The van der Waals surface area contributed by atoms with E-state index in [1.807, 2.05) is 6.92 Å². The van der Waals surface area contributed by atoms with E-state index in [2.05, 4.69) is 29.3 Å². The van der Waals surface area contributed by atoms with Gasteiger partial charge in [0.15, 0.2) is 5.82 Å². The van der Waals surface area contributed by atoms with Crippen molar-refractivity contribution in [3.8, 4) is 0 Å². The van der Waals surface area contributed by atoms with Crippen LogP contribution in [0.1, 0.15) is 38.4 Å². The Hall–Kier alpha value is -0.900. The summed E-state index contributed by atoms with van der Waals surface area (Å²) in [7, 11) is 0. The van der Waals surface area contributed by atoms with Crippen LogP contribution in [-0.2, 0) is 6.42 Å². The molecule has 16 heavy (non-hydrogen) atoms. The number of aryl methyl sites for hydroxylation is 1. The van der Waals surface area contributed by atoms with E-state index in [-0.39, 0.29) is 0 Å². The Kier molecular flexibility index (Phi) is 3.59. The largest absolute Gasteiger partial charge is 0.339 e. The Morgan fingerprint density at radius 3 is 2.69 bits per heavy atom. The average molecular weight is 223 g/mol. The first-order valence-corrected chi connectivity index (χ1v) is 6.19. The zero-order chi connectivity index (χ0) is 11.5. The van der Waals surface area contributed by atoms with E-state index in [1.54, 1.807) is 0 Å². The zero-order valence-corrected chi connectivity index (χ0v) is 10.4. The third-order valence-electron chi connectivity index (χ3n) is 3.14. The molecule has 4 nitrogen and oxygen atoms in total.